The number of carbonyl (C=O) groups excluding carboxylic acids is 1. The third kappa shape index (κ3) is 4.25. The highest BCUT2D eigenvalue weighted by Crippen LogP contribution is 2.23. The first-order valence-corrected chi connectivity index (χ1v) is 10.2. The number of amides is 1. The molecule has 7 nitrogen and oxygen atoms in total. The number of hydrogen-bond donors (Lipinski definition) is 1. The highest BCUT2D eigenvalue weighted by molar-refractivity contribution is 5.92. The van der Waals surface area contributed by atoms with Gasteiger partial charge in [0.05, 0.1) is 0 Å². The predicted octanol–water partition coefficient (Wildman–Crippen LogP) is 2.60. The minimum absolute atomic E-state index is 0.0226. The van der Waals surface area contributed by atoms with E-state index < -0.39 is 0 Å². The van der Waals surface area contributed by atoms with Crippen molar-refractivity contribution in [3.05, 3.63) is 42.2 Å². The third-order valence-corrected chi connectivity index (χ3v) is 5.58. The molecule has 0 spiro atoms. The van der Waals surface area contributed by atoms with Crippen LogP contribution in [0.5, 0.6) is 0 Å². The number of likely N-dealkylation sites (N-methyl/N-ethyl adjacent to an activating group) is 1. The van der Waals surface area contributed by atoms with Gasteiger partial charge in [0.1, 0.15) is 5.69 Å². The number of aromatic nitrogens is 2. The van der Waals surface area contributed by atoms with Gasteiger partial charge in [-0.15, -0.1) is 0 Å². The van der Waals surface area contributed by atoms with Gasteiger partial charge >= 0.3 is 0 Å². The van der Waals surface area contributed by atoms with Crippen LogP contribution in [0.4, 0.5) is 17.3 Å². The minimum Gasteiger partial charge on any atom is -0.372 e. The standard InChI is InChI=1S/C21H28N6O/c1-2-25-13-15-27(16-14-25)20(28)19-9-10-22-21(24-19)23-17-5-7-18(8-6-17)26-11-3-4-12-26/h5-10H,2-4,11-16H2,1H3,(H,22,23,24). The molecule has 2 fully saturated rings. The van der Waals surface area contributed by atoms with Crippen LogP contribution in [0, 0.1) is 0 Å². The van der Waals surface area contributed by atoms with Crippen LogP contribution < -0.4 is 10.2 Å². The van der Waals surface area contributed by atoms with Crippen molar-refractivity contribution < 1.29 is 4.79 Å². The molecule has 0 unspecified atom stereocenters. The molecule has 0 atom stereocenters. The molecule has 0 bridgehead atoms. The van der Waals surface area contributed by atoms with Crippen molar-refractivity contribution in [3.8, 4) is 0 Å². The Balaban J connectivity index is 1.40. The molecule has 2 aliphatic rings. The van der Waals surface area contributed by atoms with Gasteiger partial charge in [-0.25, -0.2) is 9.97 Å². The quantitative estimate of drug-likeness (QED) is 0.860. The molecule has 2 aromatic rings. The normalized spacial score (nSPS) is 17.8. The topological polar surface area (TPSA) is 64.6 Å². The summed E-state index contributed by atoms with van der Waals surface area (Å²) in [6, 6.07) is 10.0. The molecule has 1 aromatic heterocycles. The van der Waals surface area contributed by atoms with Crippen molar-refractivity contribution in [1.29, 1.82) is 0 Å². The molecular formula is C21H28N6O. The molecule has 1 N–H and O–H groups in total. The second-order valence-corrected chi connectivity index (χ2v) is 7.36. The zero-order chi connectivity index (χ0) is 19.3. The summed E-state index contributed by atoms with van der Waals surface area (Å²) in [4.78, 5) is 28.1. The SMILES string of the molecule is CCN1CCN(C(=O)c2ccnc(Nc3ccc(N4CCCC4)cc3)n2)CC1. The summed E-state index contributed by atoms with van der Waals surface area (Å²) >= 11 is 0. The number of rotatable bonds is 5. The largest absolute Gasteiger partial charge is 0.372 e. The lowest BCUT2D eigenvalue weighted by molar-refractivity contribution is 0.0637. The molecule has 2 saturated heterocycles. The first kappa shape index (κ1) is 18.7. The highest BCUT2D eigenvalue weighted by Gasteiger charge is 2.22. The molecule has 1 amide bonds. The van der Waals surface area contributed by atoms with Crippen molar-refractivity contribution in [3.63, 3.8) is 0 Å². The first-order chi connectivity index (χ1) is 13.7. The molecular weight excluding hydrogens is 352 g/mol. The van der Waals surface area contributed by atoms with Crippen LogP contribution in [0.3, 0.4) is 0 Å². The lowest BCUT2D eigenvalue weighted by atomic mass is 10.2. The van der Waals surface area contributed by atoms with Gasteiger partial charge in [0.25, 0.3) is 5.91 Å². The van der Waals surface area contributed by atoms with Gasteiger partial charge in [-0.05, 0) is 49.7 Å². The zero-order valence-electron chi connectivity index (χ0n) is 16.5. The van der Waals surface area contributed by atoms with E-state index in [0.717, 1.165) is 51.5 Å². The maximum Gasteiger partial charge on any atom is 0.272 e. The molecule has 3 heterocycles. The maximum atomic E-state index is 12.8. The predicted molar refractivity (Wildman–Crippen MR) is 111 cm³/mol. The maximum absolute atomic E-state index is 12.8. The molecule has 7 heteroatoms. The van der Waals surface area contributed by atoms with Crippen molar-refractivity contribution in [2.24, 2.45) is 0 Å². The number of piperazine rings is 1. The van der Waals surface area contributed by atoms with E-state index in [1.807, 2.05) is 17.0 Å². The molecule has 148 valence electrons. The van der Waals surface area contributed by atoms with E-state index in [1.165, 1.54) is 18.5 Å². The van der Waals surface area contributed by atoms with Crippen LogP contribution in [0.25, 0.3) is 0 Å². The molecule has 28 heavy (non-hydrogen) atoms. The van der Waals surface area contributed by atoms with Gasteiger partial charge in [-0.3, -0.25) is 4.79 Å². The number of nitrogens with one attached hydrogen (secondary N) is 1. The monoisotopic (exact) mass is 380 g/mol. The van der Waals surface area contributed by atoms with Crippen molar-refractivity contribution in [2.75, 3.05) is 56.0 Å². The van der Waals surface area contributed by atoms with Crippen LogP contribution in [0.2, 0.25) is 0 Å². The summed E-state index contributed by atoms with van der Waals surface area (Å²) in [5.41, 5.74) is 2.61. The zero-order valence-corrected chi connectivity index (χ0v) is 16.5. The highest BCUT2D eigenvalue weighted by atomic mass is 16.2. The Morgan fingerprint density at radius 3 is 2.39 bits per heavy atom. The van der Waals surface area contributed by atoms with Gasteiger partial charge in [-0.1, -0.05) is 6.92 Å². The Bertz CT molecular complexity index is 795. The average molecular weight is 380 g/mol. The van der Waals surface area contributed by atoms with E-state index in [1.54, 1.807) is 12.3 Å². The van der Waals surface area contributed by atoms with Crippen LogP contribution in [0.1, 0.15) is 30.3 Å². The number of hydrogen-bond acceptors (Lipinski definition) is 6. The van der Waals surface area contributed by atoms with Crippen molar-refractivity contribution in [2.45, 2.75) is 19.8 Å². The summed E-state index contributed by atoms with van der Waals surface area (Å²) in [6.07, 6.45) is 4.17. The van der Waals surface area contributed by atoms with E-state index in [0.29, 0.717) is 11.6 Å². The van der Waals surface area contributed by atoms with E-state index >= 15 is 0 Å². The third-order valence-electron chi connectivity index (χ3n) is 5.58. The van der Waals surface area contributed by atoms with Gasteiger partial charge in [0.15, 0.2) is 0 Å². The van der Waals surface area contributed by atoms with Crippen molar-refractivity contribution in [1.82, 2.24) is 19.8 Å². The molecule has 0 saturated carbocycles. The molecule has 1 aromatic carbocycles. The number of nitrogens with zero attached hydrogens (tertiary/aromatic N) is 5. The first-order valence-electron chi connectivity index (χ1n) is 10.2. The fraction of sp³-hybridized carbons (Fsp3) is 0.476. The molecule has 2 aliphatic heterocycles. The molecule has 0 aliphatic carbocycles. The van der Waals surface area contributed by atoms with Gasteiger partial charge in [-0.2, -0.15) is 0 Å². The smallest absolute Gasteiger partial charge is 0.272 e. The van der Waals surface area contributed by atoms with E-state index in [4.69, 9.17) is 0 Å². The Hall–Kier alpha value is -2.67. The van der Waals surface area contributed by atoms with Crippen LogP contribution >= 0.6 is 0 Å². The molecule has 4 rings (SSSR count). The lowest BCUT2D eigenvalue weighted by Gasteiger charge is -2.33. The average Bonchev–Trinajstić information content (AvgIpc) is 3.29. The summed E-state index contributed by atoms with van der Waals surface area (Å²) in [6.45, 7) is 8.77. The Morgan fingerprint density at radius 2 is 1.71 bits per heavy atom. The van der Waals surface area contributed by atoms with Gasteiger partial charge in [0, 0.05) is 56.8 Å². The number of carbonyl (C=O) groups is 1. The fourth-order valence-corrected chi connectivity index (χ4v) is 3.83. The van der Waals surface area contributed by atoms with E-state index in [-0.39, 0.29) is 5.91 Å². The van der Waals surface area contributed by atoms with Crippen LogP contribution in [-0.2, 0) is 0 Å². The minimum atomic E-state index is -0.0226. The van der Waals surface area contributed by atoms with Crippen LogP contribution in [0.15, 0.2) is 36.5 Å². The van der Waals surface area contributed by atoms with E-state index in [2.05, 4.69) is 44.1 Å². The number of benzene rings is 1. The second kappa shape index (κ2) is 8.56. The lowest BCUT2D eigenvalue weighted by Crippen LogP contribution is -2.48. The molecule has 0 radical (unpaired) electrons. The van der Waals surface area contributed by atoms with Gasteiger partial charge < -0.3 is 20.0 Å². The Morgan fingerprint density at radius 1 is 1.00 bits per heavy atom. The summed E-state index contributed by atoms with van der Waals surface area (Å²) in [7, 11) is 0. The summed E-state index contributed by atoms with van der Waals surface area (Å²) in [5, 5.41) is 3.22. The summed E-state index contributed by atoms with van der Waals surface area (Å²) in [5.74, 6) is 0.428. The number of anilines is 3. The second-order valence-electron chi connectivity index (χ2n) is 7.36. The Kier molecular flexibility index (Phi) is 5.71. The fourth-order valence-electron chi connectivity index (χ4n) is 3.83. The Labute approximate surface area is 166 Å². The van der Waals surface area contributed by atoms with E-state index in [9.17, 15) is 4.79 Å². The van der Waals surface area contributed by atoms with Gasteiger partial charge in [0.2, 0.25) is 5.95 Å². The van der Waals surface area contributed by atoms with Crippen molar-refractivity contribution >= 4 is 23.2 Å². The van der Waals surface area contributed by atoms with Crippen LogP contribution in [-0.4, -0.2) is 71.5 Å². The summed E-state index contributed by atoms with van der Waals surface area (Å²) < 4.78 is 0.